The van der Waals surface area contributed by atoms with E-state index in [2.05, 4.69) is 59.0 Å². The van der Waals surface area contributed by atoms with Crippen molar-refractivity contribution < 1.29 is 9.90 Å². The Bertz CT molecular complexity index is 662. The number of hydrogen-bond donors (Lipinski definition) is 2. The first-order chi connectivity index (χ1) is 9.41. The van der Waals surface area contributed by atoms with Gasteiger partial charge >= 0.3 is 5.97 Å². The predicted molar refractivity (Wildman–Crippen MR) is 81.9 cm³/mol. The average Bonchev–Trinajstić information content (AvgIpc) is 2.75. The van der Waals surface area contributed by atoms with Crippen LogP contribution < -0.4 is 0 Å². The molecule has 2 aromatic rings. The Labute approximate surface area is 126 Å². The van der Waals surface area contributed by atoms with E-state index >= 15 is 0 Å². The molecule has 1 heterocycles. The number of carboxylic acid groups (broad SMARTS) is 1. The van der Waals surface area contributed by atoms with Crippen molar-refractivity contribution in [3.05, 3.63) is 39.0 Å². The van der Waals surface area contributed by atoms with Crippen LogP contribution in [-0.4, -0.2) is 21.3 Å². The topological polar surface area (TPSA) is 66.0 Å². The molecule has 0 saturated carbocycles. The maximum Gasteiger partial charge on any atom is 0.303 e. The molecule has 4 nitrogen and oxygen atoms in total. The molecular formula is C15H17BrN2O2. The van der Waals surface area contributed by atoms with Crippen molar-refractivity contribution in [1.29, 1.82) is 0 Å². The molecule has 0 atom stereocenters. The van der Waals surface area contributed by atoms with Gasteiger partial charge in [0.2, 0.25) is 0 Å². The van der Waals surface area contributed by atoms with Crippen molar-refractivity contribution in [2.45, 2.75) is 33.6 Å². The van der Waals surface area contributed by atoms with Crippen molar-refractivity contribution in [1.82, 2.24) is 10.2 Å². The molecule has 0 spiro atoms. The second kappa shape index (κ2) is 5.79. The van der Waals surface area contributed by atoms with E-state index in [0.29, 0.717) is 6.42 Å². The summed E-state index contributed by atoms with van der Waals surface area (Å²) in [4.78, 5) is 10.6. The van der Waals surface area contributed by atoms with Crippen LogP contribution >= 0.6 is 15.9 Å². The molecule has 1 aromatic heterocycles. The van der Waals surface area contributed by atoms with Gasteiger partial charge < -0.3 is 5.11 Å². The molecule has 5 heteroatoms. The number of carboxylic acids is 1. The third-order valence-electron chi connectivity index (χ3n) is 3.68. The van der Waals surface area contributed by atoms with E-state index < -0.39 is 5.97 Å². The van der Waals surface area contributed by atoms with Crippen LogP contribution in [0.5, 0.6) is 0 Å². The van der Waals surface area contributed by atoms with Crippen LogP contribution in [-0.2, 0) is 11.2 Å². The van der Waals surface area contributed by atoms with Crippen LogP contribution in [0.1, 0.15) is 28.8 Å². The van der Waals surface area contributed by atoms with E-state index in [-0.39, 0.29) is 6.42 Å². The van der Waals surface area contributed by atoms with Crippen LogP contribution in [0.3, 0.4) is 0 Å². The standard InChI is InChI=1S/C15H17BrN2O2/c1-8-4-5-11(10(3)9(8)2)15-14(16)12(17-18-15)6-7-13(19)20/h4-5H,6-7H2,1-3H3,(H,17,18)(H,19,20). The lowest BCUT2D eigenvalue weighted by Crippen LogP contribution is -1.98. The molecule has 0 fully saturated rings. The molecule has 0 aliphatic heterocycles. The Morgan fingerprint density at radius 2 is 2.00 bits per heavy atom. The van der Waals surface area contributed by atoms with Crippen molar-refractivity contribution in [2.24, 2.45) is 0 Å². The molecule has 2 rings (SSSR count). The number of H-pyrrole nitrogens is 1. The SMILES string of the molecule is Cc1ccc(-c2n[nH]c(CCC(=O)O)c2Br)c(C)c1C. The predicted octanol–water partition coefficient (Wildman–Crippen LogP) is 3.78. The first-order valence-electron chi connectivity index (χ1n) is 6.43. The number of carbonyl (C=O) groups is 1. The molecular weight excluding hydrogens is 320 g/mol. The Hall–Kier alpha value is -1.62. The third kappa shape index (κ3) is 2.77. The van der Waals surface area contributed by atoms with Gasteiger partial charge in [-0.05, 0) is 53.4 Å². The number of nitrogens with one attached hydrogen (secondary N) is 1. The van der Waals surface area contributed by atoms with Crippen LogP contribution in [0.2, 0.25) is 0 Å². The van der Waals surface area contributed by atoms with Crippen LogP contribution in [0, 0.1) is 20.8 Å². The van der Waals surface area contributed by atoms with Crippen molar-refractivity contribution in [2.75, 3.05) is 0 Å². The molecule has 20 heavy (non-hydrogen) atoms. The second-order valence-electron chi connectivity index (χ2n) is 4.94. The van der Waals surface area contributed by atoms with E-state index in [0.717, 1.165) is 21.4 Å². The summed E-state index contributed by atoms with van der Waals surface area (Å²) >= 11 is 3.53. The van der Waals surface area contributed by atoms with E-state index in [9.17, 15) is 4.79 Å². The quantitative estimate of drug-likeness (QED) is 0.892. The first kappa shape index (κ1) is 14.8. The number of halogens is 1. The van der Waals surface area contributed by atoms with Gasteiger partial charge in [0.1, 0.15) is 5.69 Å². The number of aliphatic carboxylic acids is 1. The Balaban J connectivity index is 2.40. The summed E-state index contributed by atoms with van der Waals surface area (Å²) in [5, 5.41) is 16.0. The zero-order chi connectivity index (χ0) is 14.9. The number of rotatable bonds is 4. The van der Waals surface area contributed by atoms with Crippen LogP contribution in [0.4, 0.5) is 0 Å². The molecule has 0 saturated heterocycles. The molecule has 0 unspecified atom stereocenters. The van der Waals surface area contributed by atoms with Gasteiger partial charge in [-0.1, -0.05) is 12.1 Å². The summed E-state index contributed by atoms with van der Waals surface area (Å²) in [7, 11) is 0. The largest absolute Gasteiger partial charge is 0.481 e. The zero-order valence-corrected chi connectivity index (χ0v) is 13.3. The lowest BCUT2D eigenvalue weighted by molar-refractivity contribution is -0.136. The number of nitrogens with zero attached hydrogens (tertiary/aromatic N) is 1. The van der Waals surface area contributed by atoms with Gasteiger partial charge in [0.05, 0.1) is 16.6 Å². The number of aromatic amines is 1. The molecule has 1 aromatic carbocycles. The normalized spacial score (nSPS) is 10.8. The van der Waals surface area contributed by atoms with Crippen molar-refractivity contribution >= 4 is 21.9 Å². The fourth-order valence-corrected chi connectivity index (χ4v) is 2.74. The molecule has 0 aliphatic rings. The minimum atomic E-state index is -0.810. The minimum absolute atomic E-state index is 0.0894. The first-order valence-corrected chi connectivity index (χ1v) is 7.22. The third-order valence-corrected chi connectivity index (χ3v) is 4.53. The fraction of sp³-hybridized carbons (Fsp3) is 0.333. The highest BCUT2D eigenvalue weighted by molar-refractivity contribution is 9.10. The van der Waals surface area contributed by atoms with Gasteiger partial charge in [-0.25, -0.2) is 0 Å². The summed E-state index contributed by atoms with van der Waals surface area (Å²) in [5.74, 6) is -0.810. The smallest absolute Gasteiger partial charge is 0.303 e. The average molecular weight is 337 g/mol. The summed E-state index contributed by atoms with van der Waals surface area (Å²) in [5.41, 5.74) is 6.43. The van der Waals surface area contributed by atoms with E-state index in [4.69, 9.17) is 5.11 Å². The zero-order valence-electron chi connectivity index (χ0n) is 11.7. The van der Waals surface area contributed by atoms with Gasteiger partial charge in [-0.3, -0.25) is 9.89 Å². The molecule has 0 bridgehead atoms. The van der Waals surface area contributed by atoms with Gasteiger partial charge in [0.25, 0.3) is 0 Å². The van der Waals surface area contributed by atoms with Crippen LogP contribution in [0.15, 0.2) is 16.6 Å². The van der Waals surface area contributed by atoms with Gasteiger partial charge in [0.15, 0.2) is 0 Å². The summed E-state index contributed by atoms with van der Waals surface area (Å²) in [6, 6.07) is 4.13. The van der Waals surface area contributed by atoms with Gasteiger partial charge in [-0.2, -0.15) is 5.10 Å². The van der Waals surface area contributed by atoms with E-state index in [1.807, 2.05) is 0 Å². The number of aryl methyl sites for hydroxylation is 2. The van der Waals surface area contributed by atoms with Crippen LogP contribution in [0.25, 0.3) is 11.3 Å². The fourth-order valence-electron chi connectivity index (χ4n) is 2.15. The molecule has 0 radical (unpaired) electrons. The Kier molecular flexibility index (Phi) is 4.28. The highest BCUT2D eigenvalue weighted by atomic mass is 79.9. The molecule has 106 valence electrons. The monoisotopic (exact) mass is 336 g/mol. The second-order valence-corrected chi connectivity index (χ2v) is 5.73. The Morgan fingerprint density at radius 1 is 1.30 bits per heavy atom. The summed E-state index contributed by atoms with van der Waals surface area (Å²) < 4.78 is 0.852. The number of benzene rings is 1. The van der Waals surface area contributed by atoms with Crippen molar-refractivity contribution in [3.8, 4) is 11.3 Å². The van der Waals surface area contributed by atoms with Gasteiger partial charge in [0, 0.05) is 12.0 Å². The highest BCUT2D eigenvalue weighted by Crippen LogP contribution is 2.33. The molecule has 0 amide bonds. The summed E-state index contributed by atoms with van der Waals surface area (Å²) in [6.07, 6.45) is 0.527. The lowest BCUT2D eigenvalue weighted by Gasteiger charge is -2.09. The highest BCUT2D eigenvalue weighted by Gasteiger charge is 2.16. The number of hydrogen-bond acceptors (Lipinski definition) is 2. The number of aromatic nitrogens is 2. The maximum absolute atomic E-state index is 10.6. The maximum atomic E-state index is 10.6. The van der Waals surface area contributed by atoms with E-state index in [1.165, 1.54) is 16.7 Å². The Morgan fingerprint density at radius 3 is 2.65 bits per heavy atom. The van der Waals surface area contributed by atoms with E-state index in [1.54, 1.807) is 0 Å². The molecule has 2 N–H and O–H groups in total. The van der Waals surface area contributed by atoms with Gasteiger partial charge in [-0.15, -0.1) is 0 Å². The minimum Gasteiger partial charge on any atom is -0.481 e. The lowest BCUT2D eigenvalue weighted by atomic mass is 9.97. The molecule has 0 aliphatic carbocycles. The van der Waals surface area contributed by atoms with Crippen molar-refractivity contribution in [3.63, 3.8) is 0 Å². The summed E-state index contributed by atoms with van der Waals surface area (Å²) in [6.45, 7) is 6.26.